The van der Waals surface area contributed by atoms with Crippen molar-refractivity contribution in [1.82, 2.24) is 15.1 Å². The lowest BCUT2D eigenvalue weighted by Gasteiger charge is -2.24. The summed E-state index contributed by atoms with van der Waals surface area (Å²) >= 11 is 0. The topological polar surface area (TPSA) is 79.0 Å². The number of imide groups is 1. The van der Waals surface area contributed by atoms with Crippen molar-refractivity contribution in [3.8, 4) is 5.75 Å². The lowest BCUT2D eigenvalue weighted by Crippen LogP contribution is -2.44. The summed E-state index contributed by atoms with van der Waals surface area (Å²) < 4.78 is 28.7. The van der Waals surface area contributed by atoms with Crippen molar-refractivity contribution in [3.63, 3.8) is 0 Å². The SMILES string of the molecule is CCN(CC)C(=O)CN1C(=O)N[C@@](C)(c2ccc(OC(F)F)cc2)C1=O. The van der Waals surface area contributed by atoms with Crippen LogP contribution in [0.2, 0.25) is 0 Å². The Morgan fingerprint density at radius 3 is 2.31 bits per heavy atom. The summed E-state index contributed by atoms with van der Waals surface area (Å²) in [5, 5.41) is 2.56. The largest absolute Gasteiger partial charge is 0.435 e. The zero-order chi connectivity index (χ0) is 19.5. The molecule has 26 heavy (non-hydrogen) atoms. The molecule has 0 spiro atoms. The molecule has 0 radical (unpaired) electrons. The van der Waals surface area contributed by atoms with E-state index in [0.29, 0.717) is 18.7 Å². The maximum Gasteiger partial charge on any atom is 0.387 e. The van der Waals surface area contributed by atoms with Gasteiger partial charge < -0.3 is 15.0 Å². The molecule has 2 rings (SSSR count). The molecule has 9 heteroatoms. The Morgan fingerprint density at radius 2 is 1.81 bits per heavy atom. The molecule has 1 saturated heterocycles. The number of alkyl halides is 2. The first-order valence-electron chi connectivity index (χ1n) is 8.20. The number of benzene rings is 1. The molecule has 1 aromatic rings. The molecule has 7 nitrogen and oxygen atoms in total. The number of urea groups is 1. The summed E-state index contributed by atoms with van der Waals surface area (Å²) in [7, 11) is 0. The molecule has 142 valence electrons. The van der Waals surface area contributed by atoms with Crippen molar-refractivity contribution in [2.24, 2.45) is 0 Å². The van der Waals surface area contributed by atoms with Crippen LogP contribution in [0.1, 0.15) is 26.3 Å². The number of hydrogen-bond acceptors (Lipinski definition) is 4. The molecular weight excluding hydrogens is 348 g/mol. The third-order valence-electron chi connectivity index (χ3n) is 4.34. The zero-order valence-electron chi connectivity index (χ0n) is 14.8. The average molecular weight is 369 g/mol. The van der Waals surface area contributed by atoms with Gasteiger partial charge in [0, 0.05) is 13.1 Å². The van der Waals surface area contributed by atoms with E-state index in [2.05, 4.69) is 10.1 Å². The number of ether oxygens (including phenoxy) is 1. The summed E-state index contributed by atoms with van der Waals surface area (Å²) in [6.45, 7) is 2.75. The number of hydrogen-bond donors (Lipinski definition) is 1. The van der Waals surface area contributed by atoms with Gasteiger partial charge in [-0.3, -0.25) is 14.5 Å². The quantitative estimate of drug-likeness (QED) is 0.745. The average Bonchev–Trinajstić information content (AvgIpc) is 2.80. The van der Waals surface area contributed by atoms with Gasteiger partial charge in [-0.25, -0.2) is 4.79 Å². The summed E-state index contributed by atoms with van der Waals surface area (Å²) in [6.07, 6.45) is 0. The summed E-state index contributed by atoms with van der Waals surface area (Å²) in [5.74, 6) is -0.966. The highest BCUT2D eigenvalue weighted by Crippen LogP contribution is 2.30. The maximum atomic E-state index is 12.8. The van der Waals surface area contributed by atoms with Crippen LogP contribution in [0, 0.1) is 0 Å². The highest BCUT2D eigenvalue weighted by Gasteiger charge is 2.49. The van der Waals surface area contributed by atoms with Crippen LogP contribution < -0.4 is 10.1 Å². The van der Waals surface area contributed by atoms with Crippen LogP contribution in [-0.2, 0) is 15.1 Å². The molecule has 4 amide bonds. The van der Waals surface area contributed by atoms with Gasteiger partial charge in [-0.15, -0.1) is 0 Å². The van der Waals surface area contributed by atoms with E-state index in [4.69, 9.17) is 0 Å². The lowest BCUT2D eigenvalue weighted by molar-refractivity contribution is -0.138. The molecule has 0 saturated carbocycles. The first-order valence-corrected chi connectivity index (χ1v) is 8.20. The van der Waals surface area contributed by atoms with Crippen molar-refractivity contribution in [2.45, 2.75) is 32.9 Å². The molecule has 0 unspecified atom stereocenters. The third-order valence-corrected chi connectivity index (χ3v) is 4.34. The van der Waals surface area contributed by atoms with Gasteiger partial charge in [0.1, 0.15) is 17.8 Å². The minimum Gasteiger partial charge on any atom is -0.435 e. The van der Waals surface area contributed by atoms with Gasteiger partial charge >= 0.3 is 12.6 Å². The standard InChI is InChI=1S/C17H21F2N3O4/c1-4-21(5-2)13(23)10-22-14(24)17(3,20-16(22)25)11-6-8-12(9-7-11)26-15(18)19/h6-9,15H,4-5,10H2,1-3H3,(H,20,25)/t17-/m0/s1. The lowest BCUT2D eigenvalue weighted by atomic mass is 9.92. The first kappa shape index (κ1) is 19.6. The van der Waals surface area contributed by atoms with E-state index in [9.17, 15) is 23.2 Å². The predicted octanol–water partition coefficient (Wildman–Crippen LogP) is 1.92. The fourth-order valence-corrected chi connectivity index (χ4v) is 2.82. The smallest absolute Gasteiger partial charge is 0.387 e. The number of halogens is 2. The van der Waals surface area contributed by atoms with Crippen molar-refractivity contribution in [1.29, 1.82) is 0 Å². The molecule has 0 aromatic heterocycles. The Morgan fingerprint density at radius 1 is 1.23 bits per heavy atom. The molecule has 1 aliphatic rings. The van der Waals surface area contributed by atoms with Crippen molar-refractivity contribution in [2.75, 3.05) is 19.6 Å². The van der Waals surface area contributed by atoms with Crippen molar-refractivity contribution >= 4 is 17.8 Å². The Kier molecular flexibility index (Phi) is 5.79. The highest BCUT2D eigenvalue weighted by atomic mass is 19.3. The van der Waals surface area contributed by atoms with E-state index in [0.717, 1.165) is 4.90 Å². The van der Waals surface area contributed by atoms with Crippen LogP contribution in [0.25, 0.3) is 0 Å². The molecule has 1 heterocycles. The van der Waals surface area contributed by atoms with Gasteiger partial charge in [0.15, 0.2) is 0 Å². The molecular formula is C17H21F2N3O4. The number of amides is 4. The Bertz CT molecular complexity index is 692. The van der Waals surface area contributed by atoms with E-state index < -0.39 is 24.1 Å². The van der Waals surface area contributed by atoms with Crippen LogP contribution >= 0.6 is 0 Å². The molecule has 1 fully saturated rings. The second-order valence-electron chi connectivity index (χ2n) is 5.92. The van der Waals surface area contributed by atoms with Gasteiger partial charge in [-0.1, -0.05) is 12.1 Å². The van der Waals surface area contributed by atoms with Crippen LogP contribution in [0.4, 0.5) is 13.6 Å². The van der Waals surface area contributed by atoms with Gasteiger partial charge in [-0.2, -0.15) is 8.78 Å². The van der Waals surface area contributed by atoms with E-state index in [-0.39, 0.29) is 18.2 Å². The number of carbonyl (C=O) groups excluding carboxylic acids is 3. The molecule has 1 aromatic carbocycles. The highest BCUT2D eigenvalue weighted by molar-refractivity contribution is 6.09. The van der Waals surface area contributed by atoms with Gasteiger partial charge in [-0.05, 0) is 38.5 Å². The van der Waals surface area contributed by atoms with E-state index in [1.807, 2.05) is 0 Å². The predicted molar refractivity (Wildman–Crippen MR) is 88.6 cm³/mol. The Balaban J connectivity index is 2.19. The summed E-state index contributed by atoms with van der Waals surface area (Å²) in [4.78, 5) is 39.6. The van der Waals surface area contributed by atoms with Crippen LogP contribution in [0.3, 0.4) is 0 Å². The Labute approximate surface area is 149 Å². The monoisotopic (exact) mass is 369 g/mol. The minimum atomic E-state index is -2.95. The number of likely N-dealkylation sites (N-methyl/N-ethyl adjacent to an activating group) is 1. The van der Waals surface area contributed by atoms with Gasteiger partial charge in [0.05, 0.1) is 0 Å². The number of rotatable bonds is 7. The first-order chi connectivity index (χ1) is 12.2. The number of nitrogens with zero attached hydrogens (tertiary/aromatic N) is 2. The van der Waals surface area contributed by atoms with Crippen LogP contribution in [0.15, 0.2) is 24.3 Å². The van der Waals surface area contributed by atoms with Crippen molar-refractivity contribution in [3.05, 3.63) is 29.8 Å². The van der Waals surface area contributed by atoms with Crippen LogP contribution in [-0.4, -0.2) is 53.9 Å². The summed E-state index contributed by atoms with van der Waals surface area (Å²) in [6, 6.07) is 4.74. The van der Waals surface area contributed by atoms with Crippen LogP contribution in [0.5, 0.6) is 5.75 Å². The second kappa shape index (κ2) is 7.67. The van der Waals surface area contributed by atoms with Gasteiger partial charge in [0.25, 0.3) is 5.91 Å². The molecule has 1 atom stereocenters. The fourth-order valence-electron chi connectivity index (χ4n) is 2.82. The van der Waals surface area contributed by atoms with E-state index >= 15 is 0 Å². The number of nitrogens with one attached hydrogen (secondary N) is 1. The maximum absolute atomic E-state index is 12.8. The number of carbonyl (C=O) groups is 3. The normalized spacial score (nSPS) is 19.7. The molecule has 0 bridgehead atoms. The van der Waals surface area contributed by atoms with Crippen molar-refractivity contribution < 1.29 is 27.9 Å². The molecule has 1 N–H and O–H groups in total. The fraction of sp³-hybridized carbons (Fsp3) is 0.471. The summed E-state index contributed by atoms with van der Waals surface area (Å²) in [5.41, 5.74) is -0.987. The zero-order valence-corrected chi connectivity index (χ0v) is 14.8. The Hall–Kier alpha value is -2.71. The second-order valence-corrected chi connectivity index (χ2v) is 5.92. The van der Waals surface area contributed by atoms with Gasteiger partial charge in [0.2, 0.25) is 5.91 Å². The molecule has 0 aliphatic carbocycles. The van der Waals surface area contributed by atoms with E-state index in [1.54, 1.807) is 13.8 Å². The van der Waals surface area contributed by atoms with E-state index in [1.165, 1.54) is 36.1 Å². The minimum absolute atomic E-state index is 0.0577. The molecule has 1 aliphatic heterocycles. The third kappa shape index (κ3) is 3.76.